The lowest BCUT2D eigenvalue weighted by Gasteiger charge is -2.06. The van der Waals surface area contributed by atoms with Gasteiger partial charge >= 0.3 is 0 Å². The zero-order chi connectivity index (χ0) is 10.8. The molecule has 0 aliphatic carbocycles. The SMILES string of the molecule is Cc1ccc2n[nH]nc2c1NC(=O)CCl. The molecule has 0 aliphatic heterocycles. The summed E-state index contributed by atoms with van der Waals surface area (Å²) in [6, 6.07) is 3.71. The van der Waals surface area contributed by atoms with Crippen molar-refractivity contribution >= 4 is 34.2 Å². The van der Waals surface area contributed by atoms with Crippen LogP contribution in [0.15, 0.2) is 12.1 Å². The predicted molar refractivity (Wildman–Crippen MR) is 58.0 cm³/mol. The maximum atomic E-state index is 11.2. The average molecular weight is 225 g/mol. The Balaban J connectivity index is 2.51. The van der Waals surface area contributed by atoms with E-state index in [4.69, 9.17) is 11.6 Å². The number of amides is 1. The normalized spacial score (nSPS) is 10.5. The summed E-state index contributed by atoms with van der Waals surface area (Å²) in [5.41, 5.74) is 2.95. The number of rotatable bonds is 2. The Morgan fingerprint density at radius 1 is 1.53 bits per heavy atom. The summed E-state index contributed by atoms with van der Waals surface area (Å²) in [4.78, 5) is 11.2. The third kappa shape index (κ3) is 1.78. The quantitative estimate of drug-likeness (QED) is 0.759. The van der Waals surface area contributed by atoms with E-state index >= 15 is 0 Å². The molecule has 2 N–H and O–H groups in total. The van der Waals surface area contributed by atoms with Crippen molar-refractivity contribution in [2.75, 3.05) is 11.2 Å². The van der Waals surface area contributed by atoms with Crippen LogP contribution in [0.25, 0.3) is 11.0 Å². The molecule has 1 aromatic carbocycles. The monoisotopic (exact) mass is 224 g/mol. The molecular weight excluding hydrogens is 216 g/mol. The van der Waals surface area contributed by atoms with Gasteiger partial charge in [0.25, 0.3) is 0 Å². The zero-order valence-electron chi connectivity index (χ0n) is 8.04. The number of H-pyrrole nitrogens is 1. The molecule has 0 spiro atoms. The number of hydrogen-bond donors (Lipinski definition) is 2. The fourth-order valence-corrected chi connectivity index (χ4v) is 1.41. The van der Waals surface area contributed by atoms with Crippen molar-refractivity contribution in [3.8, 4) is 0 Å². The molecule has 1 amide bonds. The number of aromatic nitrogens is 3. The van der Waals surface area contributed by atoms with Crippen molar-refractivity contribution in [1.82, 2.24) is 15.4 Å². The molecule has 2 aromatic rings. The second kappa shape index (κ2) is 3.86. The van der Waals surface area contributed by atoms with E-state index in [1.807, 2.05) is 19.1 Å². The highest BCUT2D eigenvalue weighted by atomic mass is 35.5. The zero-order valence-corrected chi connectivity index (χ0v) is 8.80. The number of hydrogen-bond acceptors (Lipinski definition) is 3. The first-order valence-electron chi connectivity index (χ1n) is 4.38. The summed E-state index contributed by atoms with van der Waals surface area (Å²) in [6.45, 7) is 1.89. The first-order valence-corrected chi connectivity index (χ1v) is 4.91. The number of aromatic amines is 1. The Morgan fingerprint density at radius 3 is 3.07 bits per heavy atom. The molecule has 78 valence electrons. The van der Waals surface area contributed by atoms with Gasteiger partial charge in [0.05, 0.1) is 5.69 Å². The van der Waals surface area contributed by atoms with Gasteiger partial charge in [0.1, 0.15) is 16.9 Å². The lowest BCUT2D eigenvalue weighted by Crippen LogP contribution is -2.13. The highest BCUT2D eigenvalue weighted by molar-refractivity contribution is 6.29. The molecule has 0 aliphatic rings. The number of carbonyl (C=O) groups is 1. The Labute approximate surface area is 90.8 Å². The Hall–Kier alpha value is -1.62. The minimum absolute atomic E-state index is 0.0757. The summed E-state index contributed by atoms with van der Waals surface area (Å²) in [7, 11) is 0. The molecule has 15 heavy (non-hydrogen) atoms. The molecular formula is C9H9ClN4O. The van der Waals surface area contributed by atoms with Gasteiger partial charge in [-0.2, -0.15) is 15.4 Å². The molecule has 2 rings (SSSR count). The number of halogens is 1. The van der Waals surface area contributed by atoms with E-state index in [0.717, 1.165) is 5.56 Å². The number of anilines is 1. The fourth-order valence-electron chi connectivity index (χ4n) is 1.34. The molecule has 0 unspecified atom stereocenters. The second-order valence-electron chi connectivity index (χ2n) is 3.13. The van der Waals surface area contributed by atoms with Crippen molar-refractivity contribution < 1.29 is 4.79 Å². The molecule has 5 nitrogen and oxygen atoms in total. The van der Waals surface area contributed by atoms with Crippen molar-refractivity contribution in [3.63, 3.8) is 0 Å². The summed E-state index contributed by atoms with van der Waals surface area (Å²) in [6.07, 6.45) is 0. The largest absolute Gasteiger partial charge is 0.323 e. The third-order valence-electron chi connectivity index (χ3n) is 2.08. The molecule has 0 saturated heterocycles. The molecule has 0 radical (unpaired) electrons. The van der Waals surface area contributed by atoms with E-state index in [-0.39, 0.29) is 11.8 Å². The fraction of sp³-hybridized carbons (Fsp3) is 0.222. The van der Waals surface area contributed by atoms with E-state index in [0.29, 0.717) is 16.7 Å². The van der Waals surface area contributed by atoms with Gasteiger partial charge in [0.15, 0.2) is 0 Å². The van der Waals surface area contributed by atoms with E-state index in [9.17, 15) is 4.79 Å². The Morgan fingerprint density at radius 2 is 2.33 bits per heavy atom. The highest BCUT2D eigenvalue weighted by Gasteiger charge is 2.10. The van der Waals surface area contributed by atoms with Crippen LogP contribution in [-0.4, -0.2) is 27.2 Å². The number of benzene rings is 1. The van der Waals surface area contributed by atoms with Crippen LogP contribution in [0.1, 0.15) is 5.56 Å². The van der Waals surface area contributed by atoms with Gasteiger partial charge in [-0.05, 0) is 18.6 Å². The molecule has 1 aromatic heterocycles. The van der Waals surface area contributed by atoms with Crippen molar-refractivity contribution in [1.29, 1.82) is 0 Å². The van der Waals surface area contributed by atoms with Crippen LogP contribution in [0.4, 0.5) is 5.69 Å². The molecule has 0 atom stereocenters. The first kappa shape index (κ1) is 9.92. The number of carbonyl (C=O) groups excluding carboxylic acids is 1. The Kier molecular flexibility index (Phi) is 2.55. The summed E-state index contributed by atoms with van der Waals surface area (Å²) in [5.74, 6) is -0.330. The maximum absolute atomic E-state index is 11.2. The second-order valence-corrected chi connectivity index (χ2v) is 3.40. The van der Waals surface area contributed by atoms with Gasteiger partial charge in [-0.25, -0.2) is 0 Å². The summed E-state index contributed by atoms with van der Waals surface area (Å²) < 4.78 is 0. The first-order chi connectivity index (χ1) is 7.22. The van der Waals surface area contributed by atoms with Gasteiger partial charge < -0.3 is 5.32 Å². The van der Waals surface area contributed by atoms with Crippen LogP contribution in [0.3, 0.4) is 0 Å². The predicted octanol–water partition coefficient (Wildman–Crippen LogP) is 1.44. The van der Waals surface area contributed by atoms with Crippen LogP contribution in [-0.2, 0) is 4.79 Å². The highest BCUT2D eigenvalue weighted by Crippen LogP contribution is 2.23. The number of nitrogens with one attached hydrogen (secondary N) is 2. The van der Waals surface area contributed by atoms with Crippen molar-refractivity contribution in [3.05, 3.63) is 17.7 Å². The van der Waals surface area contributed by atoms with Crippen LogP contribution in [0.5, 0.6) is 0 Å². The molecule has 0 fully saturated rings. The molecule has 0 bridgehead atoms. The average Bonchev–Trinajstić information content (AvgIpc) is 2.70. The molecule has 6 heteroatoms. The van der Waals surface area contributed by atoms with Gasteiger partial charge in [0, 0.05) is 0 Å². The lowest BCUT2D eigenvalue weighted by molar-refractivity contribution is -0.113. The smallest absolute Gasteiger partial charge is 0.239 e. The van der Waals surface area contributed by atoms with Crippen molar-refractivity contribution in [2.24, 2.45) is 0 Å². The van der Waals surface area contributed by atoms with Gasteiger partial charge in [-0.1, -0.05) is 6.07 Å². The van der Waals surface area contributed by atoms with Crippen LogP contribution < -0.4 is 5.32 Å². The summed E-state index contributed by atoms with van der Waals surface area (Å²) in [5, 5.41) is 13.1. The number of nitrogens with zero attached hydrogens (tertiary/aromatic N) is 2. The topological polar surface area (TPSA) is 70.7 Å². The van der Waals surface area contributed by atoms with Gasteiger partial charge in [-0.15, -0.1) is 11.6 Å². The Bertz CT molecular complexity index is 508. The summed E-state index contributed by atoms with van der Waals surface area (Å²) >= 11 is 5.42. The maximum Gasteiger partial charge on any atom is 0.239 e. The minimum atomic E-state index is -0.254. The third-order valence-corrected chi connectivity index (χ3v) is 2.33. The van der Waals surface area contributed by atoms with Crippen molar-refractivity contribution in [2.45, 2.75) is 6.92 Å². The van der Waals surface area contributed by atoms with Crippen LogP contribution >= 0.6 is 11.6 Å². The van der Waals surface area contributed by atoms with Crippen LogP contribution in [0, 0.1) is 6.92 Å². The van der Waals surface area contributed by atoms with E-state index in [1.165, 1.54) is 0 Å². The molecule has 1 heterocycles. The van der Waals surface area contributed by atoms with E-state index in [2.05, 4.69) is 20.7 Å². The minimum Gasteiger partial charge on any atom is -0.323 e. The number of aryl methyl sites for hydroxylation is 1. The number of fused-ring (bicyclic) bond motifs is 1. The van der Waals surface area contributed by atoms with Gasteiger partial charge in [0.2, 0.25) is 5.91 Å². The molecule has 0 saturated carbocycles. The lowest BCUT2D eigenvalue weighted by atomic mass is 10.1. The van der Waals surface area contributed by atoms with E-state index in [1.54, 1.807) is 0 Å². The van der Waals surface area contributed by atoms with Gasteiger partial charge in [-0.3, -0.25) is 4.79 Å². The van der Waals surface area contributed by atoms with Crippen LogP contribution in [0.2, 0.25) is 0 Å². The standard InChI is InChI=1S/C9H9ClN4O/c1-5-2-3-6-9(13-14-12-6)8(5)11-7(15)4-10/h2-3H,4H2,1H3,(H,11,15)(H,12,13,14). The van der Waals surface area contributed by atoms with E-state index < -0.39 is 0 Å². The number of alkyl halides is 1.